The first-order chi connectivity index (χ1) is 9.84. The van der Waals surface area contributed by atoms with Gasteiger partial charge in [0, 0.05) is 11.7 Å². The van der Waals surface area contributed by atoms with E-state index in [4.69, 9.17) is 5.73 Å². The van der Waals surface area contributed by atoms with E-state index in [9.17, 15) is 18.0 Å². The molecule has 0 aliphatic carbocycles. The maximum absolute atomic E-state index is 12.7. The second kappa shape index (κ2) is 6.05. The van der Waals surface area contributed by atoms with Gasteiger partial charge < -0.3 is 10.6 Å². The molecule has 1 unspecified atom stereocenters. The Labute approximate surface area is 121 Å². The lowest BCUT2D eigenvalue weighted by Gasteiger charge is -2.23. The molecule has 0 saturated carbocycles. The van der Waals surface area contributed by atoms with Crippen molar-refractivity contribution in [1.29, 1.82) is 0 Å². The topological polar surface area (TPSA) is 46.3 Å². The highest BCUT2D eigenvalue weighted by Gasteiger charge is 2.46. The minimum atomic E-state index is -4.84. The predicted molar refractivity (Wildman–Crippen MR) is 75.1 cm³/mol. The van der Waals surface area contributed by atoms with Gasteiger partial charge in [0.05, 0.1) is 0 Å². The van der Waals surface area contributed by atoms with E-state index >= 15 is 0 Å². The molecule has 116 valence electrons. The van der Waals surface area contributed by atoms with Gasteiger partial charge in [-0.1, -0.05) is 12.1 Å². The molecule has 0 radical (unpaired) electrons. The highest BCUT2D eigenvalue weighted by Crippen LogP contribution is 2.36. The van der Waals surface area contributed by atoms with E-state index in [1.807, 2.05) is 6.07 Å². The molecular formula is C15H19F3N2O. The number of anilines is 1. The summed E-state index contributed by atoms with van der Waals surface area (Å²) in [6.07, 6.45) is -1.65. The number of carbonyl (C=O) groups is 1. The molecule has 1 aliphatic heterocycles. The molecule has 6 heteroatoms. The van der Waals surface area contributed by atoms with Gasteiger partial charge in [-0.2, -0.15) is 13.2 Å². The van der Waals surface area contributed by atoms with Crippen LogP contribution in [0.3, 0.4) is 0 Å². The molecule has 3 nitrogen and oxygen atoms in total. The van der Waals surface area contributed by atoms with Gasteiger partial charge in [-0.25, -0.2) is 0 Å². The lowest BCUT2D eigenvalue weighted by Crippen LogP contribution is -2.44. The number of nitrogens with zero attached hydrogens (tertiary/aromatic N) is 1. The van der Waals surface area contributed by atoms with Crippen molar-refractivity contribution in [2.75, 3.05) is 11.4 Å². The average Bonchev–Trinajstić information content (AvgIpc) is 2.72. The Morgan fingerprint density at radius 1 is 1.38 bits per heavy atom. The molecule has 1 atom stereocenters. The Balaban J connectivity index is 2.20. The van der Waals surface area contributed by atoms with Crippen LogP contribution in [0.25, 0.3) is 0 Å². The van der Waals surface area contributed by atoms with Crippen LogP contribution in [0.4, 0.5) is 18.9 Å². The summed E-state index contributed by atoms with van der Waals surface area (Å²) in [6.45, 7) is 2.27. The maximum Gasteiger partial charge on any atom is 0.471 e. The molecule has 0 fully saturated rings. The second-order valence-corrected chi connectivity index (χ2v) is 5.43. The van der Waals surface area contributed by atoms with E-state index in [2.05, 4.69) is 0 Å². The zero-order valence-corrected chi connectivity index (χ0v) is 11.9. The molecule has 1 amide bonds. The highest BCUT2D eigenvalue weighted by molar-refractivity contribution is 5.99. The van der Waals surface area contributed by atoms with Crippen molar-refractivity contribution in [3.05, 3.63) is 29.3 Å². The predicted octanol–water partition coefficient (Wildman–Crippen LogP) is 2.81. The SMILES string of the molecule is CC1Cc2cc(CCCCN)ccc2N1C(=O)C(F)(F)F. The average molecular weight is 300 g/mol. The standard InChI is InChI=1S/C15H19F3N2O/c1-10-8-12-9-11(4-2-3-7-19)5-6-13(12)20(10)14(21)15(16,17)18/h5-6,9-10H,2-4,7-8,19H2,1H3. The molecular weight excluding hydrogens is 281 g/mol. The van der Waals surface area contributed by atoms with E-state index in [0.29, 0.717) is 18.7 Å². The number of hydrogen-bond donors (Lipinski definition) is 1. The number of rotatable bonds is 4. The normalized spacial score (nSPS) is 18.0. The molecule has 1 aromatic rings. The van der Waals surface area contributed by atoms with Gasteiger partial charge in [-0.3, -0.25) is 4.79 Å². The zero-order valence-electron chi connectivity index (χ0n) is 11.9. The smallest absolute Gasteiger partial charge is 0.330 e. The molecule has 0 spiro atoms. The third kappa shape index (κ3) is 3.37. The Morgan fingerprint density at radius 2 is 2.10 bits per heavy atom. The van der Waals surface area contributed by atoms with Crippen LogP contribution in [0.15, 0.2) is 18.2 Å². The summed E-state index contributed by atoms with van der Waals surface area (Å²) in [5, 5.41) is 0. The van der Waals surface area contributed by atoms with Gasteiger partial charge in [-0.05, 0) is 56.3 Å². The summed E-state index contributed by atoms with van der Waals surface area (Å²) in [6, 6.07) is 4.87. The van der Waals surface area contributed by atoms with Crippen LogP contribution in [0.5, 0.6) is 0 Å². The van der Waals surface area contributed by atoms with Crippen LogP contribution in [-0.4, -0.2) is 24.7 Å². The lowest BCUT2D eigenvalue weighted by molar-refractivity contribution is -0.170. The second-order valence-electron chi connectivity index (χ2n) is 5.43. The van der Waals surface area contributed by atoms with Gasteiger partial charge in [0.1, 0.15) is 0 Å². The quantitative estimate of drug-likeness (QED) is 0.869. The first-order valence-corrected chi connectivity index (χ1v) is 7.07. The Hall–Kier alpha value is -1.56. The van der Waals surface area contributed by atoms with Crippen LogP contribution >= 0.6 is 0 Å². The van der Waals surface area contributed by atoms with E-state index < -0.39 is 18.1 Å². The van der Waals surface area contributed by atoms with Gasteiger partial charge in [0.25, 0.3) is 0 Å². The minimum absolute atomic E-state index is 0.382. The summed E-state index contributed by atoms with van der Waals surface area (Å²) in [5.41, 5.74) is 7.71. The fourth-order valence-electron chi connectivity index (χ4n) is 2.76. The lowest BCUT2D eigenvalue weighted by atomic mass is 10.0. The number of hydrogen-bond acceptors (Lipinski definition) is 2. The van der Waals surface area contributed by atoms with Crippen molar-refractivity contribution in [2.24, 2.45) is 5.73 Å². The number of amides is 1. The maximum atomic E-state index is 12.7. The summed E-state index contributed by atoms with van der Waals surface area (Å²) in [5.74, 6) is -1.79. The van der Waals surface area contributed by atoms with Gasteiger partial charge in [-0.15, -0.1) is 0 Å². The van der Waals surface area contributed by atoms with Crippen LogP contribution < -0.4 is 10.6 Å². The number of aryl methyl sites for hydroxylation is 1. The summed E-state index contributed by atoms with van der Waals surface area (Å²) >= 11 is 0. The summed E-state index contributed by atoms with van der Waals surface area (Å²) in [4.78, 5) is 12.4. The van der Waals surface area contributed by atoms with E-state index in [1.54, 1.807) is 19.1 Å². The first-order valence-electron chi connectivity index (χ1n) is 7.07. The van der Waals surface area contributed by atoms with Crippen molar-refractivity contribution in [3.63, 3.8) is 0 Å². The highest BCUT2D eigenvalue weighted by atomic mass is 19.4. The fraction of sp³-hybridized carbons (Fsp3) is 0.533. The van der Waals surface area contributed by atoms with E-state index in [1.165, 1.54) is 0 Å². The summed E-state index contributed by atoms with van der Waals surface area (Å²) in [7, 11) is 0. The number of carbonyl (C=O) groups excluding carboxylic acids is 1. The van der Waals surface area contributed by atoms with Crippen molar-refractivity contribution in [2.45, 2.75) is 44.8 Å². The van der Waals surface area contributed by atoms with E-state index in [0.717, 1.165) is 35.3 Å². The van der Waals surface area contributed by atoms with Gasteiger partial charge >= 0.3 is 12.1 Å². The number of benzene rings is 1. The van der Waals surface area contributed by atoms with Crippen LogP contribution in [0.1, 0.15) is 30.9 Å². The van der Waals surface area contributed by atoms with Crippen LogP contribution in [-0.2, 0) is 17.6 Å². The molecule has 1 aliphatic rings. The number of alkyl halides is 3. The number of fused-ring (bicyclic) bond motifs is 1. The fourth-order valence-corrected chi connectivity index (χ4v) is 2.76. The van der Waals surface area contributed by atoms with Crippen LogP contribution in [0.2, 0.25) is 0 Å². The molecule has 0 bridgehead atoms. The molecule has 0 saturated heterocycles. The van der Waals surface area contributed by atoms with Crippen molar-refractivity contribution < 1.29 is 18.0 Å². The third-order valence-corrected chi connectivity index (χ3v) is 3.74. The minimum Gasteiger partial charge on any atom is -0.330 e. The van der Waals surface area contributed by atoms with Crippen molar-refractivity contribution >= 4 is 11.6 Å². The number of halogens is 3. The molecule has 1 heterocycles. The zero-order chi connectivity index (χ0) is 15.6. The van der Waals surface area contributed by atoms with Crippen molar-refractivity contribution in [3.8, 4) is 0 Å². The molecule has 2 N–H and O–H groups in total. The Morgan fingerprint density at radius 3 is 2.71 bits per heavy atom. The van der Waals surface area contributed by atoms with Crippen molar-refractivity contribution in [1.82, 2.24) is 0 Å². The van der Waals surface area contributed by atoms with Crippen LogP contribution in [0, 0.1) is 0 Å². The van der Waals surface area contributed by atoms with Gasteiger partial charge in [0.2, 0.25) is 0 Å². The molecule has 1 aromatic carbocycles. The largest absolute Gasteiger partial charge is 0.471 e. The Bertz CT molecular complexity index is 528. The summed E-state index contributed by atoms with van der Waals surface area (Å²) < 4.78 is 38.0. The Kier molecular flexibility index (Phi) is 4.56. The van der Waals surface area contributed by atoms with Gasteiger partial charge in [0.15, 0.2) is 0 Å². The monoisotopic (exact) mass is 300 g/mol. The first kappa shape index (κ1) is 15.8. The third-order valence-electron chi connectivity index (χ3n) is 3.74. The number of nitrogens with two attached hydrogens (primary N) is 1. The number of unbranched alkanes of at least 4 members (excludes halogenated alkanes) is 1. The van der Waals surface area contributed by atoms with E-state index in [-0.39, 0.29) is 0 Å². The molecule has 2 rings (SSSR count). The molecule has 21 heavy (non-hydrogen) atoms. The molecule has 0 aromatic heterocycles.